The van der Waals surface area contributed by atoms with Gasteiger partial charge in [-0.3, -0.25) is 0 Å². The van der Waals surface area contributed by atoms with Crippen LogP contribution in [-0.2, 0) is 10.0 Å². The molecule has 21 heavy (non-hydrogen) atoms. The molecule has 0 atom stereocenters. The Morgan fingerprint density at radius 1 is 1.43 bits per heavy atom. The Morgan fingerprint density at radius 3 is 2.62 bits per heavy atom. The maximum Gasteiger partial charge on any atom is 0.242 e. The van der Waals surface area contributed by atoms with Crippen molar-refractivity contribution in [3.05, 3.63) is 29.0 Å². The van der Waals surface area contributed by atoms with Crippen LogP contribution in [0.2, 0.25) is 5.02 Å². The molecule has 1 aromatic carbocycles. The van der Waals surface area contributed by atoms with Crippen LogP contribution in [-0.4, -0.2) is 19.3 Å². The molecule has 0 heterocycles. The third-order valence-electron chi connectivity index (χ3n) is 4.02. The van der Waals surface area contributed by atoms with Crippen LogP contribution in [0, 0.1) is 11.7 Å². The molecule has 1 fully saturated rings. The molecular formula is C14H18BrClFNO2S. The van der Waals surface area contributed by atoms with Gasteiger partial charge in [0.15, 0.2) is 0 Å². The zero-order chi connectivity index (χ0) is 15.7. The monoisotopic (exact) mass is 397 g/mol. The van der Waals surface area contributed by atoms with Crippen LogP contribution in [0.5, 0.6) is 0 Å². The van der Waals surface area contributed by atoms with E-state index in [0.717, 1.165) is 37.8 Å². The van der Waals surface area contributed by atoms with Crippen molar-refractivity contribution in [1.82, 2.24) is 4.72 Å². The zero-order valence-corrected chi connectivity index (χ0v) is 14.9. The van der Waals surface area contributed by atoms with E-state index < -0.39 is 21.4 Å². The summed E-state index contributed by atoms with van der Waals surface area (Å²) in [7, 11) is -3.85. The highest BCUT2D eigenvalue weighted by atomic mass is 79.9. The number of sulfonamides is 1. The Balaban J connectivity index is 2.29. The highest BCUT2D eigenvalue weighted by Crippen LogP contribution is 2.35. The van der Waals surface area contributed by atoms with Gasteiger partial charge in [-0.25, -0.2) is 17.5 Å². The summed E-state index contributed by atoms with van der Waals surface area (Å²) in [6, 6.07) is 3.36. The molecule has 0 aliphatic heterocycles. The summed E-state index contributed by atoms with van der Waals surface area (Å²) >= 11 is 9.32. The van der Waals surface area contributed by atoms with Gasteiger partial charge in [0.2, 0.25) is 10.0 Å². The van der Waals surface area contributed by atoms with E-state index in [1.54, 1.807) is 0 Å². The van der Waals surface area contributed by atoms with Crippen LogP contribution in [0.3, 0.4) is 0 Å². The van der Waals surface area contributed by atoms with Crippen molar-refractivity contribution in [2.45, 2.75) is 43.0 Å². The fraction of sp³-hybridized carbons (Fsp3) is 0.571. The quantitative estimate of drug-likeness (QED) is 0.776. The van der Waals surface area contributed by atoms with E-state index in [1.165, 1.54) is 6.07 Å². The first-order valence-electron chi connectivity index (χ1n) is 6.83. The minimum Gasteiger partial charge on any atom is -0.207 e. The lowest BCUT2D eigenvalue weighted by Crippen LogP contribution is -2.51. The van der Waals surface area contributed by atoms with Crippen LogP contribution in [0.4, 0.5) is 4.39 Å². The predicted molar refractivity (Wildman–Crippen MR) is 85.9 cm³/mol. The van der Waals surface area contributed by atoms with Gasteiger partial charge in [-0.15, -0.1) is 0 Å². The van der Waals surface area contributed by atoms with Crippen molar-refractivity contribution in [2.75, 3.05) is 5.33 Å². The van der Waals surface area contributed by atoms with Crippen molar-refractivity contribution >= 4 is 37.6 Å². The van der Waals surface area contributed by atoms with Crippen molar-refractivity contribution in [2.24, 2.45) is 5.92 Å². The first kappa shape index (κ1) is 17.2. The zero-order valence-electron chi connectivity index (χ0n) is 11.7. The van der Waals surface area contributed by atoms with Crippen LogP contribution in [0.15, 0.2) is 23.1 Å². The number of rotatable bonds is 4. The molecule has 1 aliphatic rings. The number of nitrogens with one attached hydrogen (secondary N) is 1. The first-order chi connectivity index (χ1) is 9.78. The molecule has 0 aromatic heterocycles. The van der Waals surface area contributed by atoms with Gasteiger partial charge in [-0.1, -0.05) is 34.5 Å². The number of alkyl halides is 1. The van der Waals surface area contributed by atoms with Crippen LogP contribution in [0.25, 0.3) is 0 Å². The molecule has 118 valence electrons. The standard InChI is InChI=1S/C14H18BrClFNO2S/c1-10-4-6-14(9-15,7-5-10)18-21(19,20)13-8-11(17)2-3-12(13)16/h2-3,8,10,18H,4-7,9H2,1H3. The van der Waals surface area contributed by atoms with E-state index in [1.807, 2.05) is 0 Å². The van der Waals surface area contributed by atoms with Crippen LogP contribution >= 0.6 is 27.5 Å². The predicted octanol–water partition coefficient (Wildman–Crippen LogP) is 4.10. The molecule has 1 aromatic rings. The molecule has 0 bridgehead atoms. The summed E-state index contributed by atoms with van der Waals surface area (Å²) in [5, 5.41) is 0.552. The van der Waals surface area contributed by atoms with Crippen LogP contribution < -0.4 is 4.72 Å². The third kappa shape index (κ3) is 3.97. The smallest absolute Gasteiger partial charge is 0.207 e. The van der Waals surface area contributed by atoms with E-state index in [4.69, 9.17) is 11.6 Å². The summed E-state index contributed by atoms with van der Waals surface area (Å²) in [4.78, 5) is -0.205. The van der Waals surface area contributed by atoms with E-state index >= 15 is 0 Å². The molecular weight excluding hydrogens is 381 g/mol. The maximum atomic E-state index is 13.3. The second kappa shape index (κ2) is 6.52. The van der Waals surface area contributed by atoms with Gasteiger partial charge in [0.25, 0.3) is 0 Å². The molecule has 1 saturated carbocycles. The molecule has 1 aliphatic carbocycles. The molecule has 0 saturated heterocycles. The lowest BCUT2D eigenvalue weighted by molar-refractivity contribution is 0.250. The Hall–Kier alpha value is -0.170. The normalized spacial score (nSPS) is 26.8. The molecule has 0 radical (unpaired) electrons. The molecule has 1 N–H and O–H groups in total. The van der Waals surface area contributed by atoms with Gasteiger partial charge >= 0.3 is 0 Å². The Bertz CT molecular complexity index is 615. The van der Waals surface area contributed by atoms with Crippen LogP contribution in [0.1, 0.15) is 32.6 Å². The molecule has 0 unspecified atom stereocenters. The minimum atomic E-state index is -3.85. The molecule has 3 nitrogen and oxygen atoms in total. The lowest BCUT2D eigenvalue weighted by Gasteiger charge is -2.38. The van der Waals surface area contributed by atoms with Gasteiger partial charge in [-0.2, -0.15) is 0 Å². The second-order valence-electron chi connectivity index (χ2n) is 5.78. The Kier molecular flexibility index (Phi) is 5.34. The molecule has 0 amide bonds. The van der Waals surface area contributed by atoms with Crippen molar-refractivity contribution in [3.63, 3.8) is 0 Å². The summed E-state index contributed by atoms with van der Waals surface area (Å²) in [6.07, 6.45) is 3.44. The number of benzene rings is 1. The average molecular weight is 399 g/mol. The van der Waals surface area contributed by atoms with E-state index in [2.05, 4.69) is 27.6 Å². The highest BCUT2D eigenvalue weighted by Gasteiger charge is 2.37. The van der Waals surface area contributed by atoms with Gasteiger partial charge < -0.3 is 0 Å². The first-order valence-corrected chi connectivity index (χ1v) is 9.81. The fourth-order valence-corrected chi connectivity index (χ4v) is 5.46. The summed E-state index contributed by atoms with van der Waals surface area (Å²) < 4.78 is 41.1. The highest BCUT2D eigenvalue weighted by molar-refractivity contribution is 9.09. The summed E-state index contributed by atoms with van der Waals surface area (Å²) in [6.45, 7) is 2.16. The minimum absolute atomic E-state index is 0.0257. The SMILES string of the molecule is CC1CCC(CBr)(NS(=O)(=O)c2cc(F)ccc2Cl)CC1. The molecule has 2 rings (SSSR count). The third-order valence-corrected chi connectivity index (χ3v) is 7.15. The van der Waals surface area contributed by atoms with E-state index in [-0.39, 0.29) is 9.92 Å². The van der Waals surface area contributed by atoms with Crippen molar-refractivity contribution in [3.8, 4) is 0 Å². The lowest BCUT2D eigenvalue weighted by atomic mass is 9.79. The van der Waals surface area contributed by atoms with Crippen molar-refractivity contribution in [1.29, 1.82) is 0 Å². The van der Waals surface area contributed by atoms with Gasteiger partial charge in [0.1, 0.15) is 10.7 Å². The molecule has 7 heteroatoms. The van der Waals surface area contributed by atoms with E-state index in [0.29, 0.717) is 11.2 Å². The van der Waals surface area contributed by atoms with Gasteiger partial charge in [-0.05, 0) is 49.8 Å². The average Bonchev–Trinajstić information content (AvgIpc) is 2.44. The van der Waals surface area contributed by atoms with Gasteiger partial charge in [0.05, 0.1) is 5.02 Å². The number of hydrogen-bond donors (Lipinski definition) is 1. The summed E-state index contributed by atoms with van der Waals surface area (Å²) in [5.74, 6) is -0.0237. The van der Waals surface area contributed by atoms with E-state index in [9.17, 15) is 12.8 Å². The Labute approximate surface area is 138 Å². The summed E-state index contributed by atoms with van der Waals surface area (Å²) in [5.41, 5.74) is -0.527. The van der Waals surface area contributed by atoms with Crippen molar-refractivity contribution < 1.29 is 12.8 Å². The second-order valence-corrected chi connectivity index (χ2v) is 8.40. The fourth-order valence-electron chi connectivity index (χ4n) is 2.60. The number of hydrogen-bond acceptors (Lipinski definition) is 2. The largest absolute Gasteiger partial charge is 0.242 e. The van der Waals surface area contributed by atoms with Gasteiger partial charge in [0, 0.05) is 10.9 Å². The maximum absolute atomic E-state index is 13.3. The Morgan fingerprint density at radius 2 is 2.05 bits per heavy atom. The topological polar surface area (TPSA) is 46.2 Å². The molecule has 0 spiro atoms. The number of halogens is 3.